The summed E-state index contributed by atoms with van der Waals surface area (Å²) >= 11 is 0. The Bertz CT molecular complexity index is 734. The molecule has 0 bridgehead atoms. The van der Waals surface area contributed by atoms with E-state index >= 15 is 0 Å². The Hall–Kier alpha value is -3.26. The lowest BCUT2D eigenvalue weighted by Crippen LogP contribution is -2.41. The number of hydrogen-bond acceptors (Lipinski definition) is 14. The fraction of sp³-hybridized carbons (Fsp3) is 0.714. The SMILES string of the molecule is CC(=O)OCC(COC(=O)CC(OC(C)=O)C(CO)OCC(COC(C)=O)OC(C)=O)OC(C)=O. The summed E-state index contributed by atoms with van der Waals surface area (Å²) in [6.45, 7) is 3.43. The maximum Gasteiger partial charge on any atom is 0.309 e. The Labute approximate surface area is 202 Å². The van der Waals surface area contributed by atoms with Crippen molar-refractivity contribution in [2.45, 2.75) is 65.5 Å². The minimum Gasteiger partial charge on any atom is -0.462 e. The van der Waals surface area contributed by atoms with Gasteiger partial charge in [-0.1, -0.05) is 0 Å². The largest absolute Gasteiger partial charge is 0.462 e. The number of rotatable bonds is 16. The van der Waals surface area contributed by atoms with Gasteiger partial charge in [0.05, 0.1) is 19.6 Å². The Kier molecular flexibility index (Phi) is 15.6. The maximum atomic E-state index is 12.3. The average Bonchev–Trinajstić information content (AvgIpc) is 2.72. The molecule has 0 radical (unpaired) electrons. The summed E-state index contributed by atoms with van der Waals surface area (Å²) in [7, 11) is 0. The zero-order valence-corrected chi connectivity index (χ0v) is 20.3. The molecule has 200 valence electrons. The molecule has 0 rings (SSSR count). The molecule has 14 heteroatoms. The molecule has 35 heavy (non-hydrogen) atoms. The van der Waals surface area contributed by atoms with Crippen LogP contribution in [0.3, 0.4) is 0 Å². The van der Waals surface area contributed by atoms with Gasteiger partial charge in [-0.05, 0) is 0 Å². The molecule has 0 aliphatic heterocycles. The van der Waals surface area contributed by atoms with Crippen LogP contribution in [0.2, 0.25) is 0 Å². The van der Waals surface area contributed by atoms with Gasteiger partial charge in [0.2, 0.25) is 0 Å². The van der Waals surface area contributed by atoms with Crippen molar-refractivity contribution in [3.63, 3.8) is 0 Å². The first kappa shape index (κ1) is 31.7. The number of carbonyl (C=O) groups is 6. The first-order chi connectivity index (χ1) is 16.3. The van der Waals surface area contributed by atoms with Crippen LogP contribution >= 0.6 is 0 Å². The van der Waals surface area contributed by atoms with Crippen molar-refractivity contribution in [1.29, 1.82) is 0 Å². The number of aliphatic hydroxyl groups excluding tert-OH is 1. The van der Waals surface area contributed by atoms with E-state index in [1.54, 1.807) is 0 Å². The van der Waals surface area contributed by atoms with E-state index in [4.69, 9.17) is 33.2 Å². The summed E-state index contributed by atoms with van der Waals surface area (Å²) in [5.41, 5.74) is 0. The maximum absolute atomic E-state index is 12.3. The molecule has 0 aromatic rings. The van der Waals surface area contributed by atoms with E-state index in [2.05, 4.69) is 0 Å². The van der Waals surface area contributed by atoms with E-state index in [0.29, 0.717) is 0 Å². The summed E-state index contributed by atoms with van der Waals surface area (Å²) < 4.78 is 35.0. The van der Waals surface area contributed by atoms with Crippen molar-refractivity contribution in [2.24, 2.45) is 0 Å². The predicted molar refractivity (Wildman–Crippen MR) is 112 cm³/mol. The summed E-state index contributed by atoms with van der Waals surface area (Å²) in [5.74, 6) is -4.32. The molecule has 0 heterocycles. The van der Waals surface area contributed by atoms with E-state index in [1.807, 2.05) is 0 Å². The molecule has 0 fully saturated rings. The quantitative estimate of drug-likeness (QED) is 0.202. The van der Waals surface area contributed by atoms with Crippen molar-refractivity contribution in [1.82, 2.24) is 0 Å². The van der Waals surface area contributed by atoms with Crippen molar-refractivity contribution in [2.75, 3.05) is 33.0 Å². The van der Waals surface area contributed by atoms with Crippen LogP contribution in [0.15, 0.2) is 0 Å². The topological polar surface area (TPSA) is 187 Å². The first-order valence-corrected chi connectivity index (χ1v) is 10.5. The van der Waals surface area contributed by atoms with Crippen LogP contribution in [-0.4, -0.2) is 98.4 Å². The van der Waals surface area contributed by atoms with Crippen LogP contribution < -0.4 is 0 Å². The van der Waals surface area contributed by atoms with Gasteiger partial charge in [0, 0.05) is 34.6 Å². The molecule has 1 N–H and O–H groups in total. The molecular weight excluding hydrogens is 476 g/mol. The van der Waals surface area contributed by atoms with Crippen LogP contribution in [0.4, 0.5) is 0 Å². The molecule has 0 aromatic heterocycles. The van der Waals surface area contributed by atoms with Crippen LogP contribution in [0.25, 0.3) is 0 Å². The third-order valence-electron chi connectivity index (χ3n) is 3.82. The average molecular weight is 508 g/mol. The summed E-state index contributed by atoms with van der Waals surface area (Å²) in [6, 6.07) is 0. The Morgan fingerprint density at radius 2 is 1.00 bits per heavy atom. The number of esters is 6. The fourth-order valence-corrected chi connectivity index (χ4v) is 2.50. The summed E-state index contributed by atoms with van der Waals surface area (Å²) in [6.07, 6.45) is -5.21. The highest BCUT2D eigenvalue weighted by Crippen LogP contribution is 2.13. The first-order valence-electron chi connectivity index (χ1n) is 10.5. The number of carbonyl (C=O) groups excluding carboxylic acids is 6. The molecule has 0 saturated heterocycles. The zero-order chi connectivity index (χ0) is 27.0. The minimum atomic E-state index is -1.31. The highest BCUT2D eigenvalue weighted by molar-refractivity contribution is 5.72. The highest BCUT2D eigenvalue weighted by atomic mass is 16.6. The fourth-order valence-electron chi connectivity index (χ4n) is 2.50. The van der Waals surface area contributed by atoms with Crippen molar-refractivity contribution >= 4 is 35.8 Å². The van der Waals surface area contributed by atoms with Crippen LogP contribution in [0, 0.1) is 0 Å². The molecule has 0 spiro atoms. The lowest BCUT2D eigenvalue weighted by molar-refractivity contribution is -0.175. The molecule has 0 aliphatic carbocycles. The molecule has 0 aliphatic rings. The van der Waals surface area contributed by atoms with E-state index in [0.717, 1.165) is 34.6 Å². The molecular formula is C21H32O14. The van der Waals surface area contributed by atoms with E-state index < -0.39 is 79.9 Å². The van der Waals surface area contributed by atoms with Gasteiger partial charge in [0.25, 0.3) is 0 Å². The predicted octanol–water partition coefficient (Wildman–Crippen LogP) is -0.781. The molecule has 4 atom stereocenters. The van der Waals surface area contributed by atoms with Crippen molar-refractivity contribution in [3.05, 3.63) is 0 Å². The van der Waals surface area contributed by atoms with Gasteiger partial charge in [0.1, 0.15) is 32.0 Å². The Balaban J connectivity index is 5.14. The Morgan fingerprint density at radius 1 is 0.571 bits per heavy atom. The third-order valence-corrected chi connectivity index (χ3v) is 3.82. The molecule has 4 unspecified atom stereocenters. The van der Waals surface area contributed by atoms with Gasteiger partial charge < -0.3 is 38.3 Å². The second kappa shape index (κ2) is 17.2. The lowest BCUT2D eigenvalue weighted by atomic mass is 10.1. The Morgan fingerprint density at radius 3 is 1.40 bits per heavy atom. The monoisotopic (exact) mass is 508 g/mol. The van der Waals surface area contributed by atoms with Gasteiger partial charge >= 0.3 is 35.8 Å². The third kappa shape index (κ3) is 16.9. The molecule has 0 aromatic carbocycles. The second-order valence-electron chi connectivity index (χ2n) is 7.16. The molecule has 0 saturated carbocycles. The van der Waals surface area contributed by atoms with Gasteiger partial charge in [-0.3, -0.25) is 28.8 Å². The number of hydrogen-bond donors (Lipinski definition) is 1. The standard InChI is InChI=1S/C21H32O14/c1-12(23)29-8-17(33-14(3)25)10-31-20(7-22)19(35-16(5)27)6-21(28)32-11-18(34-15(4)26)9-30-13(2)24/h17-20,22H,6-11H2,1-5H3. The zero-order valence-electron chi connectivity index (χ0n) is 20.3. The smallest absolute Gasteiger partial charge is 0.309 e. The molecule has 0 amide bonds. The van der Waals surface area contributed by atoms with Gasteiger partial charge in [0.15, 0.2) is 12.2 Å². The van der Waals surface area contributed by atoms with E-state index in [9.17, 15) is 33.9 Å². The van der Waals surface area contributed by atoms with E-state index in [-0.39, 0.29) is 19.8 Å². The van der Waals surface area contributed by atoms with Gasteiger partial charge in [-0.15, -0.1) is 0 Å². The van der Waals surface area contributed by atoms with Gasteiger partial charge in [-0.2, -0.15) is 0 Å². The molecule has 14 nitrogen and oxygen atoms in total. The normalized spacial score (nSPS) is 13.9. The van der Waals surface area contributed by atoms with E-state index in [1.165, 1.54) is 0 Å². The van der Waals surface area contributed by atoms with Crippen LogP contribution in [0.1, 0.15) is 41.0 Å². The van der Waals surface area contributed by atoms with Crippen molar-refractivity contribution in [3.8, 4) is 0 Å². The lowest BCUT2D eigenvalue weighted by Gasteiger charge is -2.27. The highest BCUT2D eigenvalue weighted by Gasteiger charge is 2.30. The number of ether oxygens (including phenoxy) is 7. The summed E-state index contributed by atoms with van der Waals surface area (Å²) in [5, 5.41) is 9.71. The van der Waals surface area contributed by atoms with Crippen LogP contribution in [0.5, 0.6) is 0 Å². The van der Waals surface area contributed by atoms with Gasteiger partial charge in [-0.25, -0.2) is 0 Å². The van der Waals surface area contributed by atoms with Crippen molar-refractivity contribution < 1.29 is 67.0 Å². The van der Waals surface area contributed by atoms with Crippen LogP contribution in [-0.2, 0) is 61.9 Å². The summed E-state index contributed by atoms with van der Waals surface area (Å²) in [4.78, 5) is 68.3. The minimum absolute atomic E-state index is 0.326. The second-order valence-corrected chi connectivity index (χ2v) is 7.16. The number of aliphatic hydroxyl groups is 1.